The van der Waals surface area contributed by atoms with E-state index in [2.05, 4.69) is 24.4 Å². The number of aliphatic hydroxyl groups is 1. The van der Waals surface area contributed by atoms with E-state index in [-0.39, 0.29) is 0 Å². The summed E-state index contributed by atoms with van der Waals surface area (Å²) in [5, 5.41) is 13.1. The van der Waals surface area contributed by atoms with Crippen molar-refractivity contribution in [1.29, 1.82) is 0 Å². The summed E-state index contributed by atoms with van der Waals surface area (Å²) in [7, 11) is 0. The molecule has 1 rings (SSSR count). The van der Waals surface area contributed by atoms with Crippen LogP contribution in [0.2, 0.25) is 0 Å². The van der Waals surface area contributed by atoms with E-state index in [1.807, 2.05) is 18.4 Å². The van der Waals surface area contributed by atoms with Crippen molar-refractivity contribution in [3.63, 3.8) is 0 Å². The summed E-state index contributed by atoms with van der Waals surface area (Å²) in [6.45, 7) is 4.85. The number of unbranched alkanes of at least 4 members (excludes halogenated alkanes) is 1. The molecule has 0 aliphatic heterocycles. The molecule has 0 radical (unpaired) electrons. The number of hydrogen-bond donors (Lipinski definition) is 2. The molecule has 0 heterocycles. The highest BCUT2D eigenvalue weighted by Gasteiger charge is 2.04. The van der Waals surface area contributed by atoms with Gasteiger partial charge in [-0.05, 0) is 30.9 Å². The second kappa shape index (κ2) is 11.9. The van der Waals surface area contributed by atoms with E-state index in [9.17, 15) is 5.11 Å². The lowest BCUT2D eigenvalue weighted by Gasteiger charge is -2.13. The standard InChI is InChI=1S/C16H27NO3S/c1-3-4-8-19-9-10-20-13-15(18)12-17-14-6-5-7-16(11-14)21-2/h5-7,11,15,17-18H,3-4,8-10,12-13H2,1-2H3. The lowest BCUT2D eigenvalue weighted by Crippen LogP contribution is -2.25. The highest BCUT2D eigenvalue weighted by atomic mass is 32.2. The number of aliphatic hydroxyl groups excluding tert-OH is 1. The Hall–Kier alpha value is -0.750. The van der Waals surface area contributed by atoms with Crippen LogP contribution in [0, 0.1) is 0 Å². The number of hydrogen-bond acceptors (Lipinski definition) is 5. The SMILES string of the molecule is CCCCOCCOCC(O)CNc1cccc(SC)c1. The quantitative estimate of drug-likeness (QED) is 0.459. The van der Waals surface area contributed by atoms with Crippen molar-refractivity contribution in [2.24, 2.45) is 0 Å². The van der Waals surface area contributed by atoms with Crippen LogP contribution in [0.15, 0.2) is 29.2 Å². The molecule has 0 aliphatic rings. The average Bonchev–Trinajstić information content (AvgIpc) is 2.52. The zero-order valence-corrected chi connectivity index (χ0v) is 13.8. The summed E-state index contributed by atoms with van der Waals surface area (Å²) in [5.41, 5.74) is 1.02. The van der Waals surface area contributed by atoms with Crippen LogP contribution < -0.4 is 5.32 Å². The third kappa shape index (κ3) is 8.98. The molecule has 120 valence electrons. The number of anilines is 1. The Morgan fingerprint density at radius 2 is 2.05 bits per heavy atom. The minimum Gasteiger partial charge on any atom is -0.389 e. The summed E-state index contributed by atoms with van der Waals surface area (Å²) in [4.78, 5) is 1.20. The maximum absolute atomic E-state index is 9.84. The van der Waals surface area contributed by atoms with Gasteiger partial charge in [-0.2, -0.15) is 0 Å². The van der Waals surface area contributed by atoms with Gasteiger partial charge in [0.15, 0.2) is 0 Å². The van der Waals surface area contributed by atoms with Gasteiger partial charge in [0, 0.05) is 23.7 Å². The summed E-state index contributed by atoms with van der Waals surface area (Å²) in [6, 6.07) is 8.13. The highest BCUT2D eigenvalue weighted by Crippen LogP contribution is 2.18. The van der Waals surface area contributed by atoms with Crippen LogP contribution in [0.5, 0.6) is 0 Å². The van der Waals surface area contributed by atoms with Gasteiger partial charge in [-0.3, -0.25) is 0 Å². The zero-order valence-electron chi connectivity index (χ0n) is 13.0. The summed E-state index contributed by atoms with van der Waals surface area (Å²) >= 11 is 1.70. The van der Waals surface area contributed by atoms with Crippen LogP contribution in [-0.2, 0) is 9.47 Å². The van der Waals surface area contributed by atoms with Gasteiger partial charge in [0.05, 0.1) is 25.9 Å². The molecular formula is C16H27NO3S. The van der Waals surface area contributed by atoms with Crippen molar-refractivity contribution in [3.8, 4) is 0 Å². The molecule has 0 bridgehead atoms. The van der Waals surface area contributed by atoms with Crippen LogP contribution in [-0.4, -0.2) is 50.4 Å². The Bertz CT molecular complexity index is 376. The third-order valence-corrected chi connectivity index (χ3v) is 3.66. The predicted octanol–water partition coefficient (Wildman–Crippen LogP) is 3.01. The van der Waals surface area contributed by atoms with E-state index in [0.29, 0.717) is 26.4 Å². The fourth-order valence-electron chi connectivity index (χ4n) is 1.71. The maximum atomic E-state index is 9.84. The van der Waals surface area contributed by atoms with Gasteiger partial charge in [0.1, 0.15) is 0 Å². The normalized spacial score (nSPS) is 12.3. The minimum absolute atomic E-state index is 0.326. The average molecular weight is 313 g/mol. The van der Waals surface area contributed by atoms with E-state index in [1.54, 1.807) is 11.8 Å². The number of benzene rings is 1. The van der Waals surface area contributed by atoms with Gasteiger partial charge < -0.3 is 19.9 Å². The molecule has 0 saturated heterocycles. The Balaban J connectivity index is 2.06. The molecule has 21 heavy (non-hydrogen) atoms. The summed E-state index contributed by atoms with van der Waals surface area (Å²) in [5.74, 6) is 0. The lowest BCUT2D eigenvalue weighted by atomic mass is 10.3. The molecule has 1 atom stereocenters. The van der Waals surface area contributed by atoms with Crippen molar-refractivity contribution in [3.05, 3.63) is 24.3 Å². The van der Waals surface area contributed by atoms with E-state index in [0.717, 1.165) is 25.1 Å². The summed E-state index contributed by atoms with van der Waals surface area (Å²) in [6.07, 6.45) is 3.76. The van der Waals surface area contributed by atoms with Crippen LogP contribution in [0.1, 0.15) is 19.8 Å². The number of thioether (sulfide) groups is 1. The van der Waals surface area contributed by atoms with Crippen LogP contribution >= 0.6 is 11.8 Å². The number of rotatable bonds is 12. The topological polar surface area (TPSA) is 50.7 Å². The van der Waals surface area contributed by atoms with Gasteiger partial charge in [-0.1, -0.05) is 19.4 Å². The largest absolute Gasteiger partial charge is 0.389 e. The molecule has 4 nitrogen and oxygen atoms in total. The molecule has 1 aromatic carbocycles. The molecule has 0 saturated carbocycles. The first-order chi connectivity index (χ1) is 10.3. The first-order valence-corrected chi connectivity index (χ1v) is 8.70. The molecule has 0 amide bonds. The Labute approximate surface area is 132 Å². The van der Waals surface area contributed by atoms with Crippen molar-refractivity contribution in [2.75, 3.05) is 44.5 Å². The van der Waals surface area contributed by atoms with Crippen molar-refractivity contribution in [2.45, 2.75) is 30.8 Å². The monoisotopic (exact) mass is 313 g/mol. The van der Waals surface area contributed by atoms with Crippen LogP contribution in [0.4, 0.5) is 5.69 Å². The van der Waals surface area contributed by atoms with Gasteiger partial charge in [0.2, 0.25) is 0 Å². The maximum Gasteiger partial charge on any atom is 0.0945 e. The molecule has 0 fully saturated rings. The van der Waals surface area contributed by atoms with Gasteiger partial charge in [-0.25, -0.2) is 0 Å². The fraction of sp³-hybridized carbons (Fsp3) is 0.625. The molecule has 1 aromatic rings. The highest BCUT2D eigenvalue weighted by molar-refractivity contribution is 7.98. The van der Waals surface area contributed by atoms with E-state index >= 15 is 0 Å². The second-order valence-electron chi connectivity index (χ2n) is 4.81. The number of nitrogens with one attached hydrogen (secondary N) is 1. The van der Waals surface area contributed by atoms with Crippen molar-refractivity contribution < 1.29 is 14.6 Å². The molecule has 0 spiro atoms. The smallest absolute Gasteiger partial charge is 0.0945 e. The van der Waals surface area contributed by atoms with Crippen molar-refractivity contribution in [1.82, 2.24) is 0 Å². The Kier molecular flexibility index (Phi) is 10.3. The number of ether oxygens (including phenoxy) is 2. The Morgan fingerprint density at radius 1 is 1.24 bits per heavy atom. The van der Waals surface area contributed by atoms with Crippen molar-refractivity contribution >= 4 is 17.4 Å². The summed E-state index contributed by atoms with van der Waals surface area (Å²) < 4.78 is 10.8. The van der Waals surface area contributed by atoms with Gasteiger partial charge in [0.25, 0.3) is 0 Å². The van der Waals surface area contributed by atoms with Gasteiger partial charge >= 0.3 is 0 Å². The Morgan fingerprint density at radius 3 is 2.81 bits per heavy atom. The first-order valence-electron chi connectivity index (χ1n) is 7.47. The predicted molar refractivity (Wildman–Crippen MR) is 89.3 cm³/mol. The second-order valence-corrected chi connectivity index (χ2v) is 5.69. The fourth-order valence-corrected chi connectivity index (χ4v) is 2.17. The van der Waals surface area contributed by atoms with E-state index in [4.69, 9.17) is 9.47 Å². The van der Waals surface area contributed by atoms with Crippen LogP contribution in [0.25, 0.3) is 0 Å². The van der Waals surface area contributed by atoms with Crippen LogP contribution in [0.3, 0.4) is 0 Å². The minimum atomic E-state index is -0.515. The molecule has 0 aromatic heterocycles. The lowest BCUT2D eigenvalue weighted by molar-refractivity contribution is 0.00749. The first kappa shape index (κ1) is 18.3. The van der Waals surface area contributed by atoms with Gasteiger partial charge in [-0.15, -0.1) is 11.8 Å². The van der Waals surface area contributed by atoms with E-state index in [1.165, 1.54) is 4.90 Å². The third-order valence-electron chi connectivity index (χ3n) is 2.94. The molecule has 0 aliphatic carbocycles. The molecular weight excluding hydrogens is 286 g/mol. The van der Waals surface area contributed by atoms with E-state index < -0.39 is 6.10 Å². The molecule has 5 heteroatoms. The molecule has 1 unspecified atom stereocenters. The zero-order chi connectivity index (χ0) is 15.3. The molecule has 2 N–H and O–H groups in total.